The van der Waals surface area contributed by atoms with Crippen LogP contribution in [0.2, 0.25) is 0 Å². The molecule has 1 saturated heterocycles. The molecular weight excluding hydrogens is 228 g/mol. The Labute approximate surface area is 95.5 Å². The lowest BCUT2D eigenvalue weighted by atomic mass is 10.1. The maximum absolute atomic E-state index is 11.6. The normalized spacial score (nSPS) is 22.8. The lowest BCUT2D eigenvalue weighted by Crippen LogP contribution is -2.29. The summed E-state index contributed by atoms with van der Waals surface area (Å²) in [6.45, 7) is 2.57. The summed E-state index contributed by atoms with van der Waals surface area (Å²) in [4.78, 5) is 0. The van der Waals surface area contributed by atoms with Crippen molar-refractivity contribution in [3.05, 3.63) is 17.5 Å². The third kappa shape index (κ3) is 2.12. The fourth-order valence-electron chi connectivity index (χ4n) is 2.07. The molecule has 2 rings (SSSR count). The first-order chi connectivity index (χ1) is 7.52. The molecule has 1 aliphatic rings. The summed E-state index contributed by atoms with van der Waals surface area (Å²) < 4.78 is 29.8. The molecule has 90 valence electrons. The van der Waals surface area contributed by atoms with E-state index in [0.717, 1.165) is 25.0 Å². The third-order valence-corrected chi connectivity index (χ3v) is 4.19. The lowest BCUT2D eigenvalue weighted by Gasteiger charge is -2.19. The molecule has 5 nitrogen and oxygen atoms in total. The van der Waals surface area contributed by atoms with Crippen molar-refractivity contribution in [3.63, 3.8) is 0 Å². The Bertz CT molecular complexity index is 466. The molecule has 1 fully saturated rings. The van der Waals surface area contributed by atoms with Gasteiger partial charge >= 0.3 is 0 Å². The minimum atomic E-state index is -3.15. The van der Waals surface area contributed by atoms with Gasteiger partial charge in [0.15, 0.2) is 5.76 Å². The van der Waals surface area contributed by atoms with Gasteiger partial charge in [0, 0.05) is 12.6 Å². The first-order valence-corrected chi connectivity index (χ1v) is 7.29. The Hall–Kier alpha value is -0.880. The van der Waals surface area contributed by atoms with Crippen molar-refractivity contribution in [2.24, 2.45) is 0 Å². The number of aryl methyl sites for hydroxylation is 1. The average Bonchev–Trinajstić information content (AvgIpc) is 2.84. The van der Waals surface area contributed by atoms with Gasteiger partial charge < -0.3 is 4.52 Å². The Morgan fingerprint density at radius 3 is 2.94 bits per heavy atom. The molecule has 0 N–H and O–H groups in total. The van der Waals surface area contributed by atoms with E-state index in [9.17, 15) is 8.42 Å². The van der Waals surface area contributed by atoms with Crippen LogP contribution in [-0.4, -0.2) is 30.7 Å². The number of sulfonamides is 1. The molecule has 0 unspecified atom stereocenters. The second kappa shape index (κ2) is 4.18. The van der Waals surface area contributed by atoms with Crippen LogP contribution in [0.1, 0.15) is 37.3 Å². The minimum absolute atomic E-state index is 0.164. The summed E-state index contributed by atoms with van der Waals surface area (Å²) in [6.07, 6.45) is 3.73. The van der Waals surface area contributed by atoms with E-state index in [4.69, 9.17) is 4.52 Å². The number of hydrogen-bond acceptors (Lipinski definition) is 4. The summed E-state index contributed by atoms with van der Waals surface area (Å²) in [5.74, 6) is 0.666. The Kier molecular flexibility index (Phi) is 3.03. The molecule has 1 aliphatic heterocycles. The highest BCUT2D eigenvalue weighted by molar-refractivity contribution is 7.88. The van der Waals surface area contributed by atoms with Gasteiger partial charge in [-0.1, -0.05) is 12.1 Å². The van der Waals surface area contributed by atoms with E-state index >= 15 is 0 Å². The van der Waals surface area contributed by atoms with Crippen LogP contribution < -0.4 is 0 Å². The average molecular weight is 244 g/mol. The summed E-state index contributed by atoms with van der Waals surface area (Å²) in [5, 5.41) is 3.90. The zero-order chi connectivity index (χ0) is 11.8. The van der Waals surface area contributed by atoms with Gasteiger partial charge in [0.2, 0.25) is 10.0 Å². The van der Waals surface area contributed by atoms with Crippen LogP contribution in [-0.2, 0) is 16.4 Å². The molecule has 6 heteroatoms. The van der Waals surface area contributed by atoms with Crippen molar-refractivity contribution in [2.45, 2.75) is 32.2 Å². The quantitative estimate of drug-likeness (QED) is 0.804. The van der Waals surface area contributed by atoms with Crippen molar-refractivity contribution in [3.8, 4) is 0 Å². The van der Waals surface area contributed by atoms with Crippen LogP contribution in [0.25, 0.3) is 0 Å². The van der Waals surface area contributed by atoms with E-state index in [1.807, 2.05) is 13.0 Å². The molecule has 2 heterocycles. The van der Waals surface area contributed by atoms with Crippen LogP contribution in [0.5, 0.6) is 0 Å². The lowest BCUT2D eigenvalue weighted by molar-refractivity contribution is 0.297. The number of nitrogens with zero attached hydrogens (tertiary/aromatic N) is 2. The predicted molar refractivity (Wildman–Crippen MR) is 59.4 cm³/mol. The molecule has 0 amide bonds. The van der Waals surface area contributed by atoms with E-state index in [2.05, 4.69) is 5.16 Å². The maximum atomic E-state index is 11.6. The fourth-order valence-corrected chi connectivity index (χ4v) is 3.21. The maximum Gasteiger partial charge on any atom is 0.211 e. The second-order valence-electron chi connectivity index (χ2n) is 4.11. The van der Waals surface area contributed by atoms with Crippen molar-refractivity contribution >= 4 is 10.0 Å². The van der Waals surface area contributed by atoms with Gasteiger partial charge in [-0.15, -0.1) is 0 Å². The van der Waals surface area contributed by atoms with Gasteiger partial charge in [-0.05, 0) is 19.3 Å². The van der Waals surface area contributed by atoms with Gasteiger partial charge in [0.25, 0.3) is 0 Å². The predicted octanol–water partition coefficient (Wildman–Crippen LogP) is 1.33. The van der Waals surface area contributed by atoms with Gasteiger partial charge in [-0.3, -0.25) is 0 Å². The Morgan fingerprint density at radius 2 is 2.38 bits per heavy atom. The van der Waals surface area contributed by atoms with Crippen molar-refractivity contribution < 1.29 is 12.9 Å². The number of hydrogen-bond donors (Lipinski definition) is 0. The largest absolute Gasteiger partial charge is 0.359 e. The molecule has 0 bridgehead atoms. The molecule has 1 atom stereocenters. The molecule has 1 aromatic rings. The van der Waals surface area contributed by atoms with Crippen LogP contribution in [0.3, 0.4) is 0 Å². The zero-order valence-electron chi connectivity index (χ0n) is 9.51. The van der Waals surface area contributed by atoms with Gasteiger partial charge in [-0.25, -0.2) is 8.42 Å². The molecule has 16 heavy (non-hydrogen) atoms. The van der Waals surface area contributed by atoms with E-state index in [-0.39, 0.29) is 6.04 Å². The van der Waals surface area contributed by atoms with Crippen molar-refractivity contribution in [2.75, 3.05) is 12.8 Å². The van der Waals surface area contributed by atoms with Gasteiger partial charge in [0.05, 0.1) is 18.0 Å². The van der Waals surface area contributed by atoms with Crippen LogP contribution in [0, 0.1) is 0 Å². The Morgan fingerprint density at radius 1 is 1.62 bits per heavy atom. The monoisotopic (exact) mass is 244 g/mol. The van der Waals surface area contributed by atoms with E-state index < -0.39 is 10.0 Å². The minimum Gasteiger partial charge on any atom is -0.359 e. The number of rotatable bonds is 3. The molecule has 1 aromatic heterocycles. The van der Waals surface area contributed by atoms with E-state index in [1.165, 1.54) is 10.6 Å². The van der Waals surface area contributed by atoms with E-state index in [1.54, 1.807) is 0 Å². The molecular formula is C10H16N2O3S. The first kappa shape index (κ1) is 11.6. The molecule has 0 aliphatic carbocycles. The van der Waals surface area contributed by atoms with Gasteiger partial charge in [0.1, 0.15) is 0 Å². The highest BCUT2D eigenvalue weighted by Gasteiger charge is 2.34. The highest BCUT2D eigenvalue weighted by Crippen LogP contribution is 2.33. The molecule has 0 spiro atoms. The van der Waals surface area contributed by atoms with Gasteiger partial charge in [-0.2, -0.15) is 4.31 Å². The fraction of sp³-hybridized carbons (Fsp3) is 0.700. The summed E-state index contributed by atoms with van der Waals surface area (Å²) >= 11 is 0. The summed E-state index contributed by atoms with van der Waals surface area (Å²) in [6, 6.07) is 1.69. The van der Waals surface area contributed by atoms with Crippen molar-refractivity contribution in [1.82, 2.24) is 9.46 Å². The topological polar surface area (TPSA) is 63.4 Å². The number of aromatic nitrogens is 1. The van der Waals surface area contributed by atoms with Crippen LogP contribution in [0.15, 0.2) is 10.6 Å². The standard InChI is InChI=1S/C10H16N2O3S/c1-3-8-7-10(15-11-8)9-5-4-6-12(9)16(2,13)14/h7,9H,3-6H2,1-2H3/t9-/m1/s1. The zero-order valence-corrected chi connectivity index (χ0v) is 10.3. The smallest absolute Gasteiger partial charge is 0.211 e. The molecule has 0 saturated carbocycles. The third-order valence-electron chi connectivity index (χ3n) is 2.90. The molecule has 0 radical (unpaired) electrons. The Balaban J connectivity index is 2.26. The second-order valence-corrected chi connectivity index (χ2v) is 6.04. The SMILES string of the molecule is CCc1cc([C@H]2CCCN2S(C)(=O)=O)on1. The van der Waals surface area contributed by atoms with E-state index in [0.29, 0.717) is 12.3 Å². The van der Waals surface area contributed by atoms with Crippen LogP contribution in [0.4, 0.5) is 0 Å². The van der Waals surface area contributed by atoms with Crippen LogP contribution >= 0.6 is 0 Å². The molecule has 0 aromatic carbocycles. The highest BCUT2D eigenvalue weighted by atomic mass is 32.2. The summed E-state index contributed by atoms with van der Waals surface area (Å²) in [7, 11) is -3.15. The summed E-state index contributed by atoms with van der Waals surface area (Å²) in [5.41, 5.74) is 0.871. The first-order valence-electron chi connectivity index (χ1n) is 5.44. The van der Waals surface area contributed by atoms with Crippen molar-refractivity contribution in [1.29, 1.82) is 0 Å².